The summed E-state index contributed by atoms with van der Waals surface area (Å²) in [7, 11) is 2.13. The van der Waals surface area contributed by atoms with E-state index < -0.39 is 0 Å². The Morgan fingerprint density at radius 2 is 1.53 bits per heavy atom. The molecule has 1 saturated heterocycles. The highest BCUT2D eigenvalue weighted by molar-refractivity contribution is 7.74. The van der Waals surface area contributed by atoms with Crippen LogP contribution >= 0.6 is 24.2 Å². The van der Waals surface area contributed by atoms with Gasteiger partial charge in [0.25, 0.3) is 5.91 Å². The Kier molecular flexibility index (Phi) is 24.9. The van der Waals surface area contributed by atoms with Gasteiger partial charge in [-0.25, -0.2) is 4.98 Å². The van der Waals surface area contributed by atoms with Crippen LogP contribution in [0.15, 0.2) is 51.5 Å². The normalized spacial score (nSPS) is 10.7. The Morgan fingerprint density at radius 3 is 2.03 bits per heavy atom. The second kappa shape index (κ2) is 31.1. The SMILES string of the molecule is C#CC#CC#CC#CC#CC#CC#CC#CC#CC#CC#CC.CC(=O)N(CC1CCN(C)CC1)c1c(C)csc1C(=O)NCc1ccc2c(N)nccc2c1.NN=NN=[N+]([O-])OS.[HH].[HH].[HH].[HH].[HH].[HH].[HH].[HH].[HH].[HH].[HH].[HH].[HH]. The number of thiophene rings is 1. The third-order valence-corrected chi connectivity index (χ3v) is 9.17. The number of hydrogen-bond acceptors (Lipinski definition) is 10. The van der Waals surface area contributed by atoms with E-state index in [0.717, 1.165) is 53.5 Å². The predicted octanol–water partition coefficient (Wildman–Crippen LogP) is 7.65. The van der Waals surface area contributed by atoms with E-state index in [9.17, 15) is 14.8 Å². The molecule has 0 unspecified atom stereocenters. The lowest BCUT2D eigenvalue weighted by atomic mass is 9.96. The molecule has 3 aromatic rings. The van der Waals surface area contributed by atoms with Crippen LogP contribution < -0.4 is 21.8 Å². The van der Waals surface area contributed by atoms with Crippen LogP contribution in [0, 0.1) is 149 Å². The van der Waals surface area contributed by atoms with Gasteiger partial charge in [-0.05, 0) is 181 Å². The summed E-state index contributed by atoms with van der Waals surface area (Å²) in [6.45, 7) is 8.38. The molecule has 2 aromatic heterocycles. The minimum atomic E-state index is -0.264. The van der Waals surface area contributed by atoms with Gasteiger partial charge < -0.3 is 30.3 Å². The Balaban J connectivity index is -0.0000000863. The summed E-state index contributed by atoms with van der Waals surface area (Å²) >= 11 is 4.46. The first-order valence-corrected chi connectivity index (χ1v) is 19.7. The van der Waals surface area contributed by atoms with Crippen molar-refractivity contribution in [2.45, 2.75) is 40.2 Å². The number of aromatic nitrogens is 1. The highest BCUT2D eigenvalue weighted by atomic mass is 32.1. The summed E-state index contributed by atoms with van der Waals surface area (Å²) in [6, 6.07) is 7.80. The number of pyridine rings is 1. The number of aryl methyl sites for hydroxylation is 1. The summed E-state index contributed by atoms with van der Waals surface area (Å²) in [5.74, 6) is 57.1. The number of benzene rings is 1. The zero-order valence-electron chi connectivity index (χ0n) is 35.1. The number of thiol groups is 1. The number of nitrogens with two attached hydrogens (primary N) is 2. The highest BCUT2D eigenvalue weighted by Crippen LogP contribution is 2.33. The van der Waals surface area contributed by atoms with E-state index in [4.69, 9.17) is 12.2 Å². The van der Waals surface area contributed by atoms with Crippen LogP contribution in [-0.2, 0) is 15.6 Å². The van der Waals surface area contributed by atoms with Crippen molar-refractivity contribution in [3.8, 4) is 131 Å². The molecule has 342 valence electrons. The number of hydrogen-bond donors (Lipinski definition) is 4. The fraction of sp³-hybridized carbons (Fsp3) is 0.229. The molecule has 3 heterocycles. The fourth-order valence-corrected chi connectivity index (χ4v) is 6.14. The number of likely N-dealkylation sites (tertiary alicyclic amines) is 1. The van der Waals surface area contributed by atoms with Gasteiger partial charge in [-0.1, -0.05) is 31.0 Å². The summed E-state index contributed by atoms with van der Waals surface area (Å²) in [5.41, 5.74) is 8.63. The Bertz CT molecular complexity index is 2980. The lowest BCUT2D eigenvalue weighted by Crippen LogP contribution is -2.40. The van der Waals surface area contributed by atoms with Crippen LogP contribution in [0.25, 0.3) is 10.8 Å². The first-order valence-electron chi connectivity index (χ1n) is 18.5. The summed E-state index contributed by atoms with van der Waals surface area (Å²) in [4.78, 5) is 34.6. The number of anilines is 2. The van der Waals surface area contributed by atoms with E-state index >= 15 is 0 Å². The van der Waals surface area contributed by atoms with Crippen molar-refractivity contribution in [1.29, 1.82) is 0 Å². The standard InChI is InChI=1S/C25H31N5O2S.C23H4.H3N5O2S.13H2/c1-16-15-33-23(22(16)30(17(2)31)14-18-7-10-29(3)11-8-18)25(32)28-13-19-4-5-21-20(12-19)6-9-27-24(21)26;1-3-5-7-9-11-13-15-17-19-21-23-22-20-18-16-14-12-10-8-6-4-2;1-2-3-4-5(6)7-8;;;;;;;;;;;;;/h4-6,9,12,15,18H,7-8,10-11,13-14H2,1-3H3,(H2,26,27)(H,28,32);1H,2H3;8H,(H2,1,3);13*1H. The number of nitrogen functional groups attached to an aromatic ring is 1. The zero-order chi connectivity index (χ0) is 46.8. The smallest absolute Gasteiger partial charge is 0.263 e. The van der Waals surface area contributed by atoms with Crippen molar-refractivity contribution < 1.29 is 37.4 Å². The molecule has 64 heavy (non-hydrogen) atoms. The number of terminal acetylenes is 1. The monoisotopic (exact) mass is 908 g/mol. The molecule has 0 radical (unpaired) electrons. The molecule has 1 aliphatic heterocycles. The highest BCUT2D eigenvalue weighted by Gasteiger charge is 2.27. The van der Waals surface area contributed by atoms with Crippen LogP contribution in [-0.4, -0.2) is 53.4 Å². The Hall–Kier alpha value is -8.86. The number of amides is 2. The van der Waals surface area contributed by atoms with Crippen molar-refractivity contribution in [2.75, 3.05) is 37.3 Å². The van der Waals surface area contributed by atoms with Crippen molar-refractivity contribution in [1.82, 2.24) is 15.2 Å². The number of nitrogens with zero attached hydrogens (tertiary/aromatic N) is 7. The molecule has 16 heteroatoms. The van der Waals surface area contributed by atoms with Crippen LogP contribution in [0.1, 0.15) is 66.0 Å². The third-order valence-electron chi connectivity index (χ3n) is 7.95. The molecular weight excluding hydrogens is 845 g/mol. The van der Waals surface area contributed by atoms with Crippen molar-refractivity contribution in [2.24, 2.45) is 27.4 Å². The summed E-state index contributed by atoms with van der Waals surface area (Å²) in [5, 5.41) is 24.4. The maximum Gasteiger partial charge on any atom is 0.263 e. The number of carbonyl (C=O) groups excluding carboxylic acids is 2. The van der Waals surface area contributed by atoms with Crippen LogP contribution in [0.3, 0.4) is 0 Å². The van der Waals surface area contributed by atoms with E-state index in [2.05, 4.69) is 185 Å². The minimum Gasteiger partial charge on any atom is -0.394 e. The Morgan fingerprint density at radius 1 is 0.984 bits per heavy atom. The molecule has 5 N–H and O–H groups in total. The molecule has 0 bridgehead atoms. The molecule has 0 saturated carbocycles. The maximum atomic E-state index is 13.2. The molecule has 14 nitrogen and oxygen atoms in total. The molecule has 0 atom stereocenters. The minimum absolute atomic E-state index is 0. The largest absolute Gasteiger partial charge is 0.394 e. The van der Waals surface area contributed by atoms with Gasteiger partial charge in [0.2, 0.25) is 16.4 Å². The van der Waals surface area contributed by atoms with E-state index in [1.54, 1.807) is 20.0 Å². The molecule has 1 aromatic carbocycles. The van der Waals surface area contributed by atoms with Crippen LogP contribution in [0.2, 0.25) is 0 Å². The number of piperidine rings is 1. The maximum absolute atomic E-state index is 13.2. The fourth-order valence-electron chi connectivity index (χ4n) is 5.14. The lowest BCUT2D eigenvalue weighted by molar-refractivity contribution is -0.744. The van der Waals surface area contributed by atoms with Crippen molar-refractivity contribution in [3.63, 3.8) is 0 Å². The van der Waals surface area contributed by atoms with E-state index in [0.29, 0.717) is 29.7 Å². The average molecular weight is 909 g/mol. The second-order valence-electron chi connectivity index (χ2n) is 12.3. The lowest BCUT2D eigenvalue weighted by Gasteiger charge is -2.33. The molecular formula is C48H64N10O4S2. The summed E-state index contributed by atoms with van der Waals surface area (Å²) in [6.07, 6.45) is 8.71. The first-order chi connectivity index (χ1) is 31.1. The van der Waals surface area contributed by atoms with Gasteiger partial charge in [-0.2, -0.15) is 0 Å². The number of carbonyl (C=O) groups is 2. The first kappa shape index (κ1) is 51.3. The van der Waals surface area contributed by atoms with Gasteiger partial charge in [-0.15, -0.1) is 17.8 Å². The number of rotatable bonds is 8. The molecule has 0 spiro atoms. The predicted molar refractivity (Wildman–Crippen MR) is 280 cm³/mol. The van der Waals surface area contributed by atoms with Gasteiger partial charge in [0, 0.05) is 73.8 Å². The second-order valence-corrected chi connectivity index (χ2v) is 13.3. The number of nitrogens with one attached hydrogen (secondary N) is 1. The van der Waals surface area contributed by atoms with Crippen LogP contribution in [0.5, 0.6) is 0 Å². The molecule has 1 fully saturated rings. The van der Waals surface area contributed by atoms with Crippen molar-refractivity contribution in [3.05, 3.63) is 57.1 Å². The van der Waals surface area contributed by atoms with E-state index in [1.807, 2.05) is 41.5 Å². The quantitative estimate of drug-likeness (QED) is 0.0443. The molecule has 1 aliphatic rings. The third kappa shape index (κ3) is 20.4. The molecule has 4 rings (SSSR count). The zero-order valence-corrected chi connectivity index (χ0v) is 36.8. The summed E-state index contributed by atoms with van der Waals surface area (Å²) < 4.78 is 3.65. The van der Waals surface area contributed by atoms with E-state index in [-0.39, 0.29) is 35.4 Å². The van der Waals surface area contributed by atoms with Gasteiger partial charge in [0.05, 0.1) is 15.9 Å². The number of fused-ring (bicyclic) bond motifs is 1. The van der Waals surface area contributed by atoms with Crippen molar-refractivity contribution >= 4 is 58.3 Å². The average Bonchev–Trinajstić information content (AvgIpc) is 3.68. The van der Waals surface area contributed by atoms with Gasteiger partial charge in [0.1, 0.15) is 10.7 Å². The van der Waals surface area contributed by atoms with Crippen LogP contribution in [0.4, 0.5) is 11.5 Å². The van der Waals surface area contributed by atoms with E-state index in [1.165, 1.54) is 11.3 Å². The topological polar surface area (TPSA) is 190 Å². The molecule has 0 aliphatic carbocycles. The Labute approximate surface area is 402 Å². The van der Waals surface area contributed by atoms with Gasteiger partial charge in [0.15, 0.2) is 0 Å². The van der Waals surface area contributed by atoms with Gasteiger partial charge in [-0.3, -0.25) is 15.4 Å². The molecule has 2 amide bonds. The van der Waals surface area contributed by atoms with Gasteiger partial charge >= 0.3 is 0 Å².